The Bertz CT molecular complexity index is 904. The van der Waals surface area contributed by atoms with E-state index in [4.69, 9.17) is 0 Å². The number of hydrogen-bond acceptors (Lipinski definition) is 5. The smallest absolute Gasteiger partial charge is 0.371 e. The number of carbonyl (C=O) groups is 2. The molecule has 1 fully saturated rings. The third-order valence-corrected chi connectivity index (χ3v) is 5.16. The first-order valence-corrected chi connectivity index (χ1v) is 9.23. The highest BCUT2D eigenvalue weighted by Crippen LogP contribution is 2.39. The van der Waals surface area contributed by atoms with Gasteiger partial charge in [-0.2, -0.15) is 17.5 Å². The lowest BCUT2D eigenvalue weighted by Crippen LogP contribution is -2.39. The molecule has 0 spiro atoms. The SMILES string of the molecule is O=C1c2cccc3c(N4CCCCC4)ccc(c23)C(=O)N1OSC(F)(F)F. The first kappa shape index (κ1) is 18.1. The van der Waals surface area contributed by atoms with E-state index in [1.54, 1.807) is 18.2 Å². The highest BCUT2D eigenvalue weighted by molar-refractivity contribution is 7.95. The second-order valence-electron chi connectivity index (χ2n) is 6.42. The molecule has 0 saturated carbocycles. The third kappa shape index (κ3) is 3.25. The summed E-state index contributed by atoms with van der Waals surface area (Å²) in [5.41, 5.74) is -3.49. The number of carbonyl (C=O) groups excluding carboxylic acids is 2. The lowest BCUT2D eigenvalue weighted by Gasteiger charge is -2.32. The molecule has 0 unspecified atom stereocenters. The van der Waals surface area contributed by atoms with Crippen molar-refractivity contribution < 1.29 is 27.0 Å². The van der Waals surface area contributed by atoms with Crippen molar-refractivity contribution >= 4 is 40.3 Å². The van der Waals surface area contributed by atoms with Crippen LogP contribution in [0.25, 0.3) is 10.8 Å². The lowest BCUT2D eigenvalue weighted by molar-refractivity contribution is -0.0570. The Hall–Kier alpha value is -2.26. The number of halogens is 3. The van der Waals surface area contributed by atoms with E-state index < -0.39 is 29.4 Å². The van der Waals surface area contributed by atoms with Crippen LogP contribution < -0.4 is 4.90 Å². The maximum Gasteiger partial charge on any atom is 0.470 e. The van der Waals surface area contributed by atoms with Gasteiger partial charge >= 0.3 is 5.51 Å². The average molecular weight is 396 g/mol. The molecule has 142 valence electrons. The molecular weight excluding hydrogens is 381 g/mol. The number of nitrogens with zero attached hydrogens (tertiary/aromatic N) is 2. The predicted molar refractivity (Wildman–Crippen MR) is 95.2 cm³/mol. The number of piperidine rings is 1. The maximum absolute atomic E-state index is 12.6. The molecule has 2 aromatic rings. The van der Waals surface area contributed by atoms with Crippen molar-refractivity contribution in [3.05, 3.63) is 41.5 Å². The fraction of sp³-hybridized carbons (Fsp3) is 0.333. The van der Waals surface area contributed by atoms with Crippen LogP contribution >= 0.6 is 12.0 Å². The molecule has 27 heavy (non-hydrogen) atoms. The summed E-state index contributed by atoms with van der Waals surface area (Å²) in [5.74, 6) is -1.80. The monoisotopic (exact) mass is 396 g/mol. The highest BCUT2D eigenvalue weighted by atomic mass is 32.2. The normalized spacial score (nSPS) is 17.7. The first-order chi connectivity index (χ1) is 12.9. The minimum Gasteiger partial charge on any atom is -0.371 e. The summed E-state index contributed by atoms with van der Waals surface area (Å²) in [6.45, 7) is 1.77. The molecule has 2 aromatic carbocycles. The summed E-state index contributed by atoms with van der Waals surface area (Å²) in [7, 11) is 0. The van der Waals surface area contributed by atoms with Gasteiger partial charge in [-0.15, -0.1) is 5.06 Å². The van der Waals surface area contributed by atoms with Crippen LogP contribution in [-0.4, -0.2) is 35.5 Å². The lowest BCUT2D eigenvalue weighted by atomic mass is 9.93. The summed E-state index contributed by atoms with van der Waals surface area (Å²) in [4.78, 5) is 27.4. The van der Waals surface area contributed by atoms with Crippen LogP contribution in [-0.2, 0) is 4.28 Å². The van der Waals surface area contributed by atoms with Gasteiger partial charge in [-0.3, -0.25) is 9.59 Å². The molecule has 2 amide bonds. The van der Waals surface area contributed by atoms with Gasteiger partial charge in [0.25, 0.3) is 11.8 Å². The molecule has 2 aliphatic rings. The number of alkyl halides is 3. The Morgan fingerprint density at radius 1 is 0.926 bits per heavy atom. The molecule has 0 aliphatic carbocycles. The first-order valence-electron chi connectivity index (χ1n) is 8.49. The Morgan fingerprint density at radius 3 is 2.26 bits per heavy atom. The van der Waals surface area contributed by atoms with Gasteiger partial charge in [0.2, 0.25) is 0 Å². The van der Waals surface area contributed by atoms with Crippen LogP contribution in [0.5, 0.6) is 0 Å². The summed E-state index contributed by atoms with van der Waals surface area (Å²) in [5, 5.41) is 1.39. The topological polar surface area (TPSA) is 49.9 Å². The molecule has 2 aliphatic heterocycles. The maximum atomic E-state index is 12.6. The highest BCUT2D eigenvalue weighted by Gasteiger charge is 2.39. The average Bonchev–Trinajstić information content (AvgIpc) is 2.65. The third-order valence-electron chi connectivity index (χ3n) is 4.75. The Balaban J connectivity index is 1.78. The van der Waals surface area contributed by atoms with E-state index >= 15 is 0 Å². The minimum atomic E-state index is -4.73. The number of rotatable bonds is 3. The van der Waals surface area contributed by atoms with Crippen LogP contribution in [0.15, 0.2) is 30.3 Å². The Morgan fingerprint density at radius 2 is 1.59 bits per heavy atom. The molecule has 1 saturated heterocycles. The van der Waals surface area contributed by atoms with Crippen molar-refractivity contribution in [2.24, 2.45) is 0 Å². The predicted octanol–water partition coefficient (Wildman–Crippen LogP) is 4.53. The zero-order valence-electron chi connectivity index (χ0n) is 14.1. The summed E-state index contributed by atoms with van der Waals surface area (Å²) >= 11 is -0.886. The van der Waals surface area contributed by atoms with Crippen molar-refractivity contribution in [1.29, 1.82) is 0 Å². The van der Waals surface area contributed by atoms with Crippen LogP contribution in [0.2, 0.25) is 0 Å². The summed E-state index contributed by atoms with van der Waals surface area (Å²) in [6, 6.07) is 8.33. The summed E-state index contributed by atoms with van der Waals surface area (Å²) in [6.07, 6.45) is 3.30. The standard InChI is InChI=1S/C18H15F3N2O3S/c19-18(20,21)27-26-23-16(24)12-6-4-5-11-14(22-9-2-1-3-10-22)8-7-13(15(11)12)17(23)25/h4-8H,1-3,9-10H2. The summed E-state index contributed by atoms with van der Waals surface area (Å²) < 4.78 is 41.7. The fourth-order valence-electron chi connectivity index (χ4n) is 3.62. The van der Waals surface area contributed by atoms with Crippen LogP contribution in [0.4, 0.5) is 18.9 Å². The van der Waals surface area contributed by atoms with Gasteiger partial charge in [-0.25, -0.2) is 0 Å². The van der Waals surface area contributed by atoms with Gasteiger partial charge in [0.15, 0.2) is 0 Å². The number of benzene rings is 2. The molecule has 9 heteroatoms. The second kappa shape index (κ2) is 6.72. The van der Waals surface area contributed by atoms with Crippen molar-refractivity contribution in [3.63, 3.8) is 0 Å². The van der Waals surface area contributed by atoms with Gasteiger partial charge < -0.3 is 4.90 Å². The van der Waals surface area contributed by atoms with Crippen molar-refractivity contribution in [2.75, 3.05) is 18.0 Å². The Labute approximate surface area is 157 Å². The molecule has 0 radical (unpaired) electrons. The number of hydrogen-bond donors (Lipinski definition) is 0. The fourth-order valence-corrected chi connectivity index (χ4v) is 3.91. The molecule has 0 atom stereocenters. The minimum absolute atomic E-state index is 0.156. The van der Waals surface area contributed by atoms with Crippen LogP contribution in [0.3, 0.4) is 0 Å². The number of anilines is 1. The molecule has 2 heterocycles. The van der Waals surface area contributed by atoms with Gasteiger partial charge in [-0.05, 0) is 37.5 Å². The van der Waals surface area contributed by atoms with E-state index in [1.807, 2.05) is 6.07 Å². The van der Waals surface area contributed by atoms with E-state index in [0.717, 1.165) is 43.4 Å². The molecule has 0 bridgehead atoms. The second-order valence-corrected chi connectivity index (χ2v) is 7.20. The van der Waals surface area contributed by atoms with E-state index in [0.29, 0.717) is 5.39 Å². The zero-order chi connectivity index (χ0) is 19.2. The number of hydroxylamine groups is 2. The Kier molecular flexibility index (Phi) is 4.51. The van der Waals surface area contributed by atoms with Crippen molar-refractivity contribution in [3.8, 4) is 0 Å². The van der Waals surface area contributed by atoms with E-state index in [-0.39, 0.29) is 16.2 Å². The van der Waals surface area contributed by atoms with Gasteiger partial charge in [-0.1, -0.05) is 12.1 Å². The molecule has 4 rings (SSSR count). The molecule has 0 N–H and O–H groups in total. The van der Waals surface area contributed by atoms with Gasteiger partial charge in [0, 0.05) is 29.5 Å². The van der Waals surface area contributed by atoms with E-state index in [9.17, 15) is 22.8 Å². The van der Waals surface area contributed by atoms with Crippen LogP contribution in [0, 0.1) is 0 Å². The van der Waals surface area contributed by atoms with Crippen molar-refractivity contribution in [1.82, 2.24) is 5.06 Å². The van der Waals surface area contributed by atoms with Crippen LogP contribution in [0.1, 0.15) is 40.0 Å². The molecule has 0 aromatic heterocycles. The van der Waals surface area contributed by atoms with Crippen molar-refractivity contribution in [2.45, 2.75) is 24.8 Å². The molecule has 5 nitrogen and oxygen atoms in total. The van der Waals surface area contributed by atoms with E-state index in [1.165, 1.54) is 6.07 Å². The number of amides is 2. The van der Waals surface area contributed by atoms with Gasteiger partial charge in [0.05, 0.1) is 11.1 Å². The van der Waals surface area contributed by atoms with Gasteiger partial charge in [0.1, 0.15) is 12.0 Å². The zero-order valence-corrected chi connectivity index (χ0v) is 14.9. The van der Waals surface area contributed by atoms with E-state index in [2.05, 4.69) is 9.18 Å². The quantitative estimate of drug-likeness (QED) is 0.564. The number of imide groups is 1. The molecular formula is C18H15F3N2O3S. The largest absolute Gasteiger partial charge is 0.470 e.